The number of hydrogen-bond acceptors (Lipinski definition) is 8. The number of hydrogen-bond donors (Lipinski definition) is 2. The van der Waals surface area contributed by atoms with Crippen molar-refractivity contribution < 1.29 is 9.53 Å². The molecule has 3 N–H and O–H groups in total. The summed E-state index contributed by atoms with van der Waals surface area (Å²) in [5.74, 6) is 0.600. The number of amidine groups is 1. The first-order valence-electron chi connectivity index (χ1n) is 8.78. The Kier molecular flexibility index (Phi) is 4.93. The van der Waals surface area contributed by atoms with Gasteiger partial charge in [-0.15, -0.1) is 0 Å². The monoisotopic (exact) mass is 441 g/mol. The van der Waals surface area contributed by atoms with Crippen molar-refractivity contribution in [1.82, 2.24) is 13.9 Å². The number of imidazole rings is 1. The van der Waals surface area contributed by atoms with Crippen molar-refractivity contribution in [2.24, 2.45) is 10.7 Å². The first-order chi connectivity index (χ1) is 14.4. The van der Waals surface area contributed by atoms with Crippen LogP contribution in [-0.4, -0.2) is 32.8 Å². The summed E-state index contributed by atoms with van der Waals surface area (Å²) in [6.07, 6.45) is 3.50. The van der Waals surface area contributed by atoms with E-state index >= 15 is 0 Å². The minimum absolute atomic E-state index is 0.0518. The maximum atomic E-state index is 12.7. The summed E-state index contributed by atoms with van der Waals surface area (Å²) in [6.45, 7) is 2.44. The summed E-state index contributed by atoms with van der Waals surface area (Å²) in [4.78, 5) is 21.6. The summed E-state index contributed by atoms with van der Waals surface area (Å²) < 4.78 is 11.4. The van der Waals surface area contributed by atoms with Crippen LogP contribution >= 0.6 is 23.1 Å². The van der Waals surface area contributed by atoms with E-state index in [-0.39, 0.29) is 15.8 Å². The number of benzene rings is 1. The van der Waals surface area contributed by atoms with Crippen molar-refractivity contribution in [2.75, 3.05) is 12.4 Å². The van der Waals surface area contributed by atoms with Gasteiger partial charge < -0.3 is 20.4 Å². The molecule has 0 radical (unpaired) electrons. The number of nitrogens with zero attached hydrogens (tertiary/aromatic N) is 5. The summed E-state index contributed by atoms with van der Waals surface area (Å²) >= 11 is 6.95. The molecule has 1 unspecified atom stereocenters. The first-order valence-corrected chi connectivity index (χ1v) is 9.93. The molecule has 9 nitrogen and oxygen atoms in total. The van der Waals surface area contributed by atoms with Crippen LogP contribution in [0, 0.1) is 11.3 Å². The Labute approximate surface area is 180 Å². The van der Waals surface area contributed by atoms with Gasteiger partial charge in [0.1, 0.15) is 11.6 Å². The smallest absolute Gasteiger partial charge is 0.279 e. The molecule has 11 heteroatoms. The van der Waals surface area contributed by atoms with Gasteiger partial charge in [-0.05, 0) is 36.2 Å². The lowest BCUT2D eigenvalue weighted by Gasteiger charge is -2.31. The van der Waals surface area contributed by atoms with Gasteiger partial charge in [0.05, 0.1) is 24.9 Å². The van der Waals surface area contributed by atoms with E-state index in [2.05, 4.69) is 25.7 Å². The second kappa shape index (κ2) is 7.44. The highest BCUT2D eigenvalue weighted by atomic mass is 35.5. The maximum absolute atomic E-state index is 12.7. The highest BCUT2D eigenvalue weighted by Gasteiger charge is 2.33. The molecule has 4 rings (SSSR count). The van der Waals surface area contributed by atoms with E-state index in [1.165, 1.54) is 7.11 Å². The molecule has 0 fully saturated rings. The third-order valence-corrected chi connectivity index (χ3v) is 5.83. The Morgan fingerprint density at radius 1 is 1.50 bits per heavy atom. The molecule has 1 aliphatic heterocycles. The zero-order chi connectivity index (χ0) is 21.5. The number of nitrogens with one attached hydrogen (secondary N) is 1. The Bertz CT molecular complexity index is 1230. The van der Waals surface area contributed by atoms with Gasteiger partial charge in [0.25, 0.3) is 5.91 Å². The molecule has 0 aliphatic carbocycles. The Balaban J connectivity index is 1.70. The number of methoxy groups -OCH3 is 1. The van der Waals surface area contributed by atoms with E-state index in [9.17, 15) is 10.1 Å². The molecule has 0 spiro atoms. The minimum Gasteiger partial charge on any atom is -0.492 e. The zero-order valence-corrected chi connectivity index (χ0v) is 17.6. The Morgan fingerprint density at radius 3 is 3.03 bits per heavy atom. The molecular formula is C19H16ClN7O2S. The van der Waals surface area contributed by atoms with E-state index in [0.717, 1.165) is 17.1 Å². The second-order valence-corrected chi connectivity index (χ2v) is 8.19. The predicted octanol–water partition coefficient (Wildman–Crippen LogP) is 2.76. The topological polar surface area (TPSA) is 131 Å². The standard InChI is InChI=1S/C19H16ClN7O2S/c1-19(9-27-6-5-23-17(27)16(22)25-19)11-4-3-10(8-21)12(7-11)24-18(28)13-14(29-2)15(20)30-26-13/h3-7H,9H2,1-2H3,(H2,22,25)(H,24,28). The van der Waals surface area contributed by atoms with Crippen LogP contribution < -0.4 is 15.8 Å². The van der Waals surface area contributed by atoms with Gasteiger partial charge in [-0.25, -0.2) is 4.98 Å². The molecule has 152 valence electrons. The third kappa shape index (κ3) is 3.28. The number of nitriles is 1. The lowest BCUT2D eigenvalue weighted by atomic mass is 9.90. The van der Waals surface area contributed by atoms with Crippen LogP contribution in [0.4, 0.5) is 5.69 Å². The van der Waals surface area contributed by atoms with E-state index in [1.54, 1.807) is 24.4 Å². The van der Waals surface area contributed by atoms with Crippen LogP contribution in [0.2, 0.25) is 4.34 Å². The lowest BCUT2D eigenvalue weighted by Crippen LogP contribution is -2.37. The number of rotatable bonds is 4. The van der Waals surface area contributed by atoms with Gasteiger partial charge in [-0.2, -0.15) is 9.64 Å². The molecule has 1 atom stereocenters. The van der Waals surface area contributed by atoms with Crippen molar-refractivity contribution in [3.05, 3.63) is 57.6 Å². The molecular weight excluding hydrogens is 426 g/mol. The van der Waals surface area contributed by atoms with Crippen molar-refractivity contribution >= 4 is 40.6 Å². The largest absolute Gasteiger partial charge is 0.492 e. The van der Waals surface area contributed by atoms with E-state index < -0.39 is 11.4 Å². The molecule has 1 amide bonds. The van der Waals surface area contributed by atoms with Gasteiger partial charge in [0, 0.05) is 12.4 Å². The molecule has 3 heterocycles. The quantitative estimate of drug-likeness (QED) is 0.639. The summed E-state index contributed by atoms with van der Waals surface area (Å²) in [5.41, 5.74) is 6.86. The number of aliphatic imine (C=N–C) groups is 1. The fraction of sp³-hybridized carbons (Fsp3) is 0.211. The molecule has 0 saturated heterocycles. The van der Waals surface area contributed by atoms with Gasteiger partial charge in [0.15, 0.2) is 27.4 Å². The van der Waals surface area contributed by atoms with Crippen LogP contribution in [0.15, 0.2) is 35.6 Å². The molecule has 1 aliphatic rings. The number of halogens is 1. The Hall–Kier alpha value is -3.42. The molecule has 30 heavy (non-hydrogen) atoms. The van der Waals surface area contributed by atoms with Crippen LogP contribution in [0.1, 0.15) is 34.4 Å². The van der Waals surface area contributed by atoms with Crippen LogP contribution in [-0.2, 0) is 12.1 Å². The first kappa shape index (κ1) is 19.9. The van der Waals surface area contributed by atoms with E-state index in [0.29, 0.717) is 29.5 Å². The van der Waals surface area contributed by atoms with E-state index in [4.69, 9.17) is 22.1 Å². The van der Waals surface area contributed by atoms with Crippen molar-refractivity contribution in [3.63, 3.8) is 0 Å². The third-order valence-electron chi connectivity index (χ3n) is 4.83. The molecule has 0 bridgehead atoms. The molecule has 0 saturated carbocycles. The zero-order valence-electron chi connectivity index (χ0n) is 16.0. The number of aromatic nitrogens is 3. The number of amides is 1. The SMILES string of the molecule is COc1c(C(=O)Nc2cc(C3(C)Cn4ccnc4C(N)=N3)ccc2C#N)nsc1Cl. The average Bonchev–Trinajstić information content (AvgIpc) is 3.34. The van der Waals surface area contributed by atoms with Crippen LogP contribution in [0.25, 0.3) is 0 Å². The minimum atomic E-state index is -0.702. The number of carbonyl (C=O) groups excluding carboxylic acids is 1. The number of fused-ring (bicyclic) bond motifs is 1. The fourth-order valence-electron chi connectivity index (χ4n) is 3.35. The molecule has 1 aromatic carbocycles. The van der Waals surface area contributed by atoms with Crippen molar-refractivity contribution in [1.29, 1.82) is 5.26 Å². The van der Waals surface area contributed by atoms with Gasteiger partial charge >= 0.3 is 0 Å². The summed E-state index contributed by atoms with van der Waals surface area (Å²) in [7, 11) is 1.41. The summed E-state index contributed by atoms with van der Waals surface area (Å²) in [6, 6.07) is 7.24. The van der Waals surface area contributed by atoms with E-state index in [1.807, 2.05) is 17.7 Å². The second-order valence-electron chi connectivity index (χ2n) is 6.81. The highest BCUT2D eigenvalue weighted by Crippen LogP contribution is 2.35. The highest BCUT2D eigenvalue weighted by molar-refractivity contribution is 7.11. The predicted molar refractivity (Wildman–Crippen MR) is 113 cm³/mol. The number of ether oxygens (including phenoxy) is 1. The normalized spacial score (nSPS) is 17.6. The number of nitrogens with two attached hydrogens (primary N) is 1. The number of anilines is 1. The van der Waals surface area contributed by atoms with Crippen molar-refractivity contribution in [3.8, 4) is 11.8 Å². The van der Waals surface area contributed by atoms with Crippen molar-refractivity contribution in [2.45, 2.75) is 19.0 Å². The van der Waals surface area contributed by atoms with Gasteiger partial charge in [0.2, 0.25) is 0 Å². The van der Waals surface area contributed by atoms with Gasteiger partial charge in [-0.3, -0.25) is 9.79 Å². The average molecular weight is 442 g/mol. The van der Waals surface area contributed by atoms with Crippen LogP contribution in [0.5, 0.6) is 5.75 Å². The van der Waals surface area contributed by atoms with Gasteiger partial charge in [-0.1, -0.05) is 17.7 Å². The maximum Gasteiger partial charge on any atom is 0.279 e. The fourth-order valence-corrected chi connectivity index (χ4v) is 4.22. The molecule has 2 aromatic heterocycles. The Morgan fingerprint density at radius 2 is 2.30 bits per heavy atom. The summed E-state index contributed by atoms with van der Waals surface area (Å²) in [5, 5.41) is 12.2. The lowest BCUT2D eigenvalue weighted by molar-refractivity contribution is 0.102. The number of carbonyl (C=O) groups is 1. The molecule has 3 aromatic rings. The van der Waals surface area contributed by atoms with Crippen LogP contribution in [0.3, 0.4) is 0 Å².